The summed E-state index contributed by atoms with van der Waals surface area (Å²) in [6.07, 6.45) is 1.86. The van der Waals surface area contributed by atoms with Gasteiger partial charge in [-0.05, 0) is 30.2 Å². The molecule has 1 heterocycles. The average Bonchev–Trinajstić information content (AvgIpc) is 2.54. The first-order chi connectivity index (χ1) is 10.3. The molecule has 0 radical (unpaired) electrons. The highest BCUT2D eigenvalue weighted by Gasteiger charge is 2.09. The number of anilines is 1. The molecule has 3 heteroatoms. The minimum Gasteiger partial charge on any atom is -0.472 e. The zero-order valence-corrected chi connectivity index (χ0v) is 12.3. The number of fused-ring (bicyclic) bond motifs is 1. The Hall–Kier alpha value is -2.55. The monoisotopic (exact) mass is 278 g/mol. The van der Waals surface area contributed by atoms with E-state index in [0.29, 0.717) is 12.5 Å². The number of benzene rings is 2. The molecule has 0 unspecified atom stereocenters. The van der Waals surface area contributed by atoms with Gasteiger partial charge in [0.1, 0.15) is 6.61 Å². The Balaban J connectivity index is 1.98. The number of pyridine rings is 1. The molecule has 2 aromatic carbocycles. The fourth-order valence-corrected chi connectivity index (χ4v) is 2.49. The van der Waals surface area contributed by atoms with Gasteiger partial charge in [-0.1, -0.05) is 36.4 Å². The van der Waals surface area contributed by atoms with Crippen LogP contribution in [0.5, 0.6) is 5.88 Å². The molecule has 0 aliphatic rings. The van der Waals surface area contributed by atoms with Crippen molar-refractivity contribution in [1.29, 1.82) is 0 Å². The maximum absolute atomic E-state index is 5.92. The van der Waals surface area contributed by atoms with E-state index in [4.69, 9.17) is 4.74 Å². The number of aromatic nitrogens is 1. The van der Waals surface area contributed by atoms with Gasteiger partial charge in [-0.3, -0.25) is 0 Å². The third-order valence-corrected chi connectivity index (χ3v) is 3.55. The maximum Gasteiger partial charge on any atom is 0.221 e. The van der Waals surface area contributed by atoms with Crippen molar-refractivity contribution < 1.29 is 4.74 Å². The molecule has 0 aliphatic heterocycles. The van der Waals surface area contributed by atoms with Crippen LogP contribution in [0.4, 0.5) is 5.69 Å². The van der Waals surface area contributed by atoms with Crippen LogP contribution < -0.4 is 10.1 Å². The standard InChI is InChI=1S/C18H18N2O/c1-13-11-20-18(21-12-14-7-4-3-5-8-14)15-9-6-10-16(19-2)17(13)15/h3-11,19H,12H2,1-2H3. The maximum atomic E-state index is 5.92. The van der Waals surface area contributed by atoms with Crippen molar-refractivity contribution in [2.75, 3.05) is 12.4 Å². The summed E-state index contributed by atoms with van der Waals surface area (Å²) >= 11 is 0. The molecule has 106 valence electrons. The van der Waals surface area contributed by atoms with E-state index in [1.54, 1.807) is 0 Å². The van der Waals surface area contributed by atoms with E-state index >= 15 is 0 Å². The van der Waals surface area contributed by atoms with Crippen molar-refractivity contribution in [2.24, 2.45) is 0 Å². The predicted molar refractivity (Wildman–Crippen MR) is 86.8 cm³/mol. The molecule has 3 nitrogen and oxygen atoms in total. The minimum atomic E-state index is 0.524. The summed E-state index contributed by atoms with van der Waals surface area (Å²) in [5.41, 5.74) is 3.37. The van der Waals surface area contributed by atoms with E-state index in [1.165, 1.54) is 0 Å². The highest BCUT2D eigenvalue weighted by Crippen LogP contribution is 2.31. The molecule has 3 aromatic rings. The zero-order chi connectivity index (χ0) is 14.7. The topological polar surface area (TPSA) is 34.1 Å². The second-order valence-electron chi connectivity index (χ2n) is 5.00. The molecule has 3 rings (SSSR count). The van der Waals surface area contributed by atoms with Crippen LogP contribution in [0.3, 0.4) is 0 Å². The van der Waals surface area contributed by atoms with E-state index in [2.05, 4.69) is 41.5 Å². The highest BCUT2D eigenvalue weighted by molar-refractivity contribution is 5.98. The highest BCUT2D eigenvalue weighted by atomic mass is 16.5. The van der Waals surface area contributed by atoms with Crippen molar-refractivity contribution in [3.63, 3.8) is 0 Å². The van der Waals surface area contributed by atoms with E-state index in [-0.39, 0.29) is 0 Å². The Morgan fingerprint density at radius 1 is 1.05 bits per heavy atom. The number of hydrogen-bond acceptors (Lipinski definition) is 3. The number of rotatable bonds is 4. The van der Waals surface area contributed by atoms with Gasteiger partial charge in [0.15, 0.2) is 0 Å². The van der Waals surface area contributed by atoms with Gasteiger partial charge in [0.2, 0.25) is 5.88 Å². The number of nitrogens with one attached hydrogen (secondary N) is 1. The van der Waals surface area contributed by atoms with Crippen molar-refractivity contribution >= 4 is 16.5 Å². The van der Waals surface area contributed by atoms with Gasteiger partial charge in [-0.2, -0.15) is 0 Å². The quantitative estimate of drug-likeness (QED) is 0.778. The molecule has 0 spiro atoms. The van der Waals surface area contributed by atoms with Crippen LogP contribution >= 0.6 is 0 Å². The van der Waals surface area contributed by atoms with Crippen LogP contribution in [0.25, 0.3) is 10.8 Å². The molecule has 0 saturated carbocycles. The van der Waals surface area contributed by atoms with Crippen molar-refractivity contribution in [2.45, 2.75) is 13.5 Å². The first-order valence-electron chi connectivity index (χ1n) is 7.02. The first kappa shape index (κ1) is 13.4. The number of hydrogen-bond donors (Lipinski definition) is 1. The first-order valence-corrected chi connectivity index (χ1v) is 7.02. The Bertz CT molecular complexity index is 754. The summed E-state index contributed by atoms with van der Waals surface area (Å²) in [5, 5.41) is 5.43. The molecule has 0 fully saturated rings. The predicted octanol–water partition coefficient (Wildman–Crippen LogP) is 4.16. The van der Waals surface area contributed by atoms with Crippen molar-refractivity contribution in [1.82, 2.24) is 4.98 Å². The van der Waals surface area contributed by atoms with E-state index in [1.807, 2.05) is 37.5 Å². The molecule has 21 heavy (non-hydrogen) atoms. The van der Waals surface area contributed by atoms with E-state index in [9.17, 15) is 0 Å². The lowest BCUT2D eigenvalue weighted by atomic mass is 10.1. The molecule has 1 N–H and O–H groups in total. The van der Waals surface area contributed by atoms with Gasteiger partial charge in [0.05, 0.1) is 0 Å². The molecule has 0 saturated heterocycles. The van der Waals surface area contributed by atoms with E-state index in [0.717, 1.165) is 27.6 Å². The van der Waals surface area contributed by atoms with Gasteiger partial charge < -0.3 is 10.1 Å². The Morgan fingerprint density at radius 2 is 1.86 bits per heavy atom. The average molecular weight is 278 g/mol. The summed E-state index contributed by atoms with van der Waals surface area (Å²) in [6, 6.07) is 16.3. The van der Waals surface area contributed by atoms with Crippen molar-refractivity contribution in [3.8, 4) is 5.88 Å². The fraction of sp³-hybridized carbons (Fsp3) is 0.167. The third-order valence-electron chi connectivity index (χ3n) is 3.55. The normalized spacial score (nSPS) is 10.6. The van der Waals surface area contributed by atoms with Crippen molar-refractivity contribution in [3.05, 3.63) is 65.9 Å². The minimum absolute atomic E-state index is 0.524. The lowest BCUT2D eigenvalue weighted by Crippen LogP contribution is -1.99. The fourth-order valence-electron chi connectivity index (χ4n) is 2.49. The summed E-state index contributed by atoms with van der Waals surface area (Å²) in [4.78, 5) is 4.45. The number of aryl methyl sites for hydroxylation is 1. The van der Waals surface area contributed by atoms with Crippen LogP contribution in [-0.2, 0) is 6.61 Å². The van der Waals surface area contributed by atoms with Crippen LogP contribution in [0.15, 0.2) is 54.7 Å². The lowest BCUT2D eigenvalue weighted by Gasteiger charge is -2.13. The largest absolute Gasteiger partial charge is 0.472 e. The van der Waals surface area contributed by atoms with Gasteiger partial charge in [0, 0.05) is 29.7 Å². The zero-order valence-electron chi connectivity index (χ0n) is 12.3. The molecule has 1 aromatic heterocycles. The van der Waals surface area contributed by atoms with E-state index < -0.39 is 0 Å². The third kappa shape index (κ3) is 2.68. The molecule has 0 aliphatic carbocycles. The van der Waals surface area contributed by atoms with Gasteiger partial charge in [-0.25, -0.2) is 4.98 Å². The Morgan fingerprint density at radius 3 is 2.62 bits per heavy atom. The second-order valence-corrected chi connectivity index (χ2v) is 5.00. The molecular formula is C18H18N2O. The SMILES string of the molecule is CNc1cccc2c(OCc3ccccc3)ncc(C)c12. The van der Waals surface area contributed by atoms with Crippen LogP contribution in [0.2, 0.25) is 0 Å². The molecule has 0 amide bonds. The summed E-state index contributed by atoms with van der Waals surface area (Å²) in [6.45, 7) is 2.59. The molecule has 0 bridgehead atoms. The van der Waals surface area contributed by atoms with Gasteiger partial charge in [-0.15, -0.1) is 0 Å². The Kier molecular flexibility index (Phi) is 3.73. The number of ether oxygens (including phenoxy) is 1. The summed E-state index contributed by atoms with van der Waals surface area (Å²) in [7, 11) is 1.93. The summed E-state index contributed by atoms with van der Waals surface area (Å²) < 4.78 is 5.92. The van der Waals surface area contributed by atoms with Gasteiger partial charge in [0.25, 0.3) is 0 Å². The van der Waals surface area contributed by atoms with Crippen LogP contribution in [0.1, 0.15) is 11.1 Å². The van der Waals surface area contributed by atoms with Crippen LogP contribution in [-0.4, -0.2) is 12.0 Å². The summed E-state index contributed by atoms with van der Waals surface area (Å²) in [5.74, 6) is 0.677. The lowest BCUT2D eigenvalue weighted by molar-refractivity contribution is 0.298. The number of nitrogens with zero attached hydrogens (tertiary/aromatic N) is 1. The smallest absolute Gasteiger partial charge is 0.221 e. The second kappa shape index (κ2) is 5.83. The molecule has 0 atom stereocenters. The van der Waals surface area contributed by atoms with Crippen LogP contribution in [0, 0.1) is 6.92 Å². The Labute approximate surface area is 124 Å². The van der Waals surface area contributed by atoms with Gasteiger partial charge >= 0.3 is 0 Å². The molecular weight excluding hydrogens is 260 g/mol.